The molecule has 25 heavy (non-hydrogen) atoms. The van der Waals surface area contributed by atoms with E-state index in [0.29, 0.717) is 5.57 Å². The summed E-state index contributed by atoms with van der Waals surface area (Å²) in [6.07, 6.45) is 0. The summed E-state index contributed by atoms with van der Waals surface area (Å²) in [5.74, 6) is 0.434. The van der Waals surface area contributed by atoms with E-state index < -0.39 is 5.97 Å². The lowest BCUT2D eigenvalue weighted by atomic mass is 10.1. The Hall–Kier alpha value is -3.14. The van der Waals surface area contributed by atoms with E-state index in [-0.39, 0.29) is 6.61 Å². The molecule has 1 heterocycles. The molecule has 0 saturated heterocycles. The van der Waals surface area contributed by atoms with Crippen LogP contribution in [-0.4, -0.2) is 15.5 Å². The van der Waals surface area contributed by atoms with Crippen LogP contribution in [0.5, 0.6) is 0 Å². The van der Waals surface area contributed by atoms with Gasteiger partial charge in [0, 0.05) is 16.8 Å². The maximum absolute atomic E-state index is 11.9. The average molecular weight is 332 g/mol. The van der Waals surface area contributed by atoms with E-state index in [0.717, 1.165) is 28.5 Å². The second kappa shape index (κ2) is 7.18. The number of carbonyl (C=O) groups is 1. The molecule has 126 valence electrons. The summed E-state index contributed by atoms with van der Waals surface area (Å²) in [5.41, 5.74) is 4.00. The van der Waals surface area contributed by atoms with Crippen LogP contribution in [0.25, 0.3) is 16.9 Å². The van der Waals surface area contributed by atoms with Crippen molar-refractivity contribution in [2.24, 2.45) is 0 Å². The number of rotatable bonds is 5. The number of ether oxygens (including phenoxy) is 1. The number of imidazole rings is 1. The molecule has 0 aliphatic rings. The van der Waals surface area contributed by atoms with Crippen molar-refractivity contribution in [3.8, 4) is 16.9 Å². The molecule has 0 amide bonds. The van der Waals surface area contributed by atoms with Crippen molar-refractivity contribution in [1.82, 2.24) is 9.55 Å². The number of hydrogen-bond donors (Lipinski definition) is 0. The van der Waals surface area contributed by atoms with Gasteiger partial charge in [0.1, 0.15) is 12.4 Å². The second-order valence-electron chi connectivity index (χ2n) is 5.85. The molecule has 3 rings (SSSR count). The number of carbonyl (C=O) groups excluding carboxylic acids is 1. The Bertz CT molecular complexity index is 896. The third kappa shape index (κ3) is 3.53. The molecular weight excluding hydrogens is 312 g/mol. The van der Waals surface area contributed by atoms with E-state index in [9.17, 15) is 4.79 Å². The van der Waals surface area contributed by atoms with Gasteiger partial charge < -0.3 is 4.74 Å². The maximum atomic E-state index is 11.9. The lowest BCUT2D eigenvalue weighted by Gasteiger charge is -2.12. The Morgan fingerprint density at radius 2 is 1.68 bits per heavy atom. The molecule has 0 bridgehead atoms. The monoisotopic (exact) mass is 332 g/mol. The molecule has 2 aromatic carbocycles. The number of aromatic nitrogens is 2. The molecule has 1 aromatic heterocycles. The van der Waals surface area contributed by atoms with Gasteiger partial charge in [-0.3, -0.25) is 4.57 Å². The van der Waals surface area contributed by atoms with Gasteiger partial charge in [0.05, 0.1) is 11.4 Å². The van der Waals surface area contributed by atoms with Crippen molar-refractivity contribution in [1.29, 1.82) is 0 Å². The van der Waals surface area contributed by atoms with Gasteiger partial charge in [-0.25, -0.2) is 9.78 Å². The first kappa shape index (κ1) is 16.7. The number of para-hydroxylation sites is 1. The minimum Gasteiger partial charge on any atom is -0.456 e. The van der Waals surface area contributed by atoms with Gasteiger partial charge in [0.15, 0.2) is 0 Å². The van der Waals surface area contributed by atoms with Crippen LogP contribution in [0.2, 0.25) is 0 Å². The highest BCUT2D eigenvalue weighted by atomic mass is 16.5. The Balaban J connectivity index is 2.10. The van der Waals surface area contributed by atoms with E-state index in [1.807, 2.05) is 72.2 Å². The smallest absolute Gasteiger partial charge is 0.333 e. The minimum absolute atomic E-state index is 0.131. The Labute approximate surface area is 147 Å². The fourth-order valence-electron chi connectivity index (χ4n) is 2.71. The standard InChI is InChI=1S/C21H20N2O2/c1-15(2)21(24)25-14-19-20(17-10-6-4-7-11-17)22-16(3)23(19)18-12-8-5-9-13-18/h4-13H,1,14H2,2-3H3. The summed E-state index contributed by atoms with van der Waals surface area (Å²) in [5, 5.41) is 0. The van der Waals surface area contributed by atoms with Crippen LogP contribution in [0.4, 0.5) is 0 Å². The number of aryl methyl sites for hydroxylation is 1. The van der Waals surface area contributed by atoms with Gasteiger partial charge in [-0.05, 0) is 26.0 Å². The largest absolute Gasteiger partial charge is 0.456 e. The summed E-state index contributed by atoms with van der Waals surface area (Å²) in [6, 6.07) is 19.8. The average Bonchev–Trinajstić information content (AvgIpc) is 2.97. The lowest BCUT2D eigenvalue weighted by molar-refractivity contribution is -0.140. The van der Waals surface area contributed by atoms with Gasteiger partial charge in [0.25, 0.3) is 0 Å². The van der Waals surface area contributed by atoms with Gasteiger partial charge in [-0.2, -0.15) is 0 Å². The fourth-order valence-corrected chi connectivity index (χ4v) is 2.71. The highest BCUT2D eigenvalue weighted by molar-refractivity contribution is 5.87. The Morgan fingerprint density at radius 3 is 2.28 bits per heavy atom. The van der Waals surface area contributed by atoms with E-state index in [4.69, 9.17) is 9.72 Å². The predicted octanol–water partition coefficient (Wildman–Crippen LogP) is 4.47. The highest BCUT2D eigenvalue weighted by Crippen LogP contribution is 2.27. The van der Waals surface area contributed by atoms with Crippen molar-refractivity contribution < 1.29 is 9.53 Å². The molecule has 0 saturated carbocycles. The first-order valence-corrected chi connectivity index (χ1v) is 8.09. The first-order chi connectivity index (χ1) is 12.1. The van der Waals surface area contributed by atoms with Gasteiger partial charge in [0.2, 0.25) is 0 Å². The van der Waals surface area contributed by atoms with Gasteiger partial charge in [-0.1, -0.05) is 55.1 Å². The summed E-state index contributed by atoms with van der Waals surface area (Å²) in [7, 11) is 0. The number of nitrogens with zero attached hydrogens (tertiary/aromatic N) is 2. The normalized spacial score (nSPS) is 10.5. The molecule has 0 aliphatic carbocycles. The Morgan fingerprint density at radius 1 is 1.08 bits per heavy atom. The maximum Gasteiger partial charge on any atom is 0.333 e. The van der Waals surface area contributed by atoms with E-state index >= 15 is 0 Å². The molecule has 0 N–H and O–H groups in total. The zero-order chi connectivity index (χ0) is 17.8. The van der Waals surface area contributed by atoms with Crippen LogP contribution in [0.15, 0.2) is 72.8 Å². The molecule has 0 atom stereocenters. The van der Waals surface area contributed by atoms with Crippen molar-refractivity contribution in [3.63, 3.8) is 0 Å². The quantitative estimate of drug-likeness (QED) is 0.511. The number of benzene rings is 2. The van der Waals surface area contributed by atoms with E-state index in [2.05, 4.69) is 6.58 Å². The van der Waals surface area contributed by atoms with Gasteiger partial charge >= 0.3 is 5.97 Å². The summed E-state index contributed by atoms with van der Waals surface area (Å²) >= 11 is 0. The van der Waals surface area contributed by atoms with Crippen LogP contribution in [0.1, 0.15) is 18.4 Å². The third-order valence-electron chi connectivity index (χ3n) is 3.89. The van der Waals surface area contributed by atoms with E-state index in [1.54, 1.807) is 6.92 Å². The molecule has 0 unspecified atom stereocenters. The zero-order valence-corrected chi connectivity index (χ0v) is 14.4. The molecule has 0 aliphatic heterocycles. The SMILES string of the molecule is C=C(C)C(=O)OCc1c(-c2ccccc2)nc(C)n1-c1ccccc1. The summed E-state index contributed by atoms with van der Waals surface area (Å²) < 4.78 is 7.45. The van der Waals surface area contributed by atoms with E-state index in [1.165, 1.54) is 0 Å². The number of esters is 1. The highest BCUT2D eigenvalue weighted by Gasteiger charge is 2.19. The molecule has 0 radical (unpaired) electrons. The molecular formula is C21H20N2O2. The third-order valence-corrected chi connectivity index (χ3v) is 3.89. The fraction of sp³-hybridized carbons (Fsp3) is 0.143. The minimum atomic E-state index is -0.405. The van der Waals surface area contributed by atoms with Crippen LogP contribution in [0.3, 0.4) is 0 Å². The topological polar surface area (TPSA) is 44.1 Å². The molecule has 0 spiro atoms. The summed E-state index contributed by atoms with van der Waals surface area (Å²) in [4.78, 5) is 16.6. The zero-order valence-electron chi connectivity index (χ0n) is 14.4. The van der Waals surface area contributed by atoms with Crippen LogP contribution >= 0.6 is 0 Å². The second-order valence-corrected chi connectivity index (χ2v) is 5.85. The van der Waals surface area contributed by atoms with Crippen molar-refractivity contribution in [3.05, 3.63) is 84.3 Å². The van der Waals surface area contributed by atoms with Gasteiger partial charge in [-0.15, -0.1) is 0 Å². The first-order valence-electron chi connectivity index (χ1n) is 8.09. The van der Waals surface area contributed by atoms with Crippen molar-refractivity contribution in [2.75, 3.05) is 0 Å². The predicted molar refractivity (Wildman–Crippen MR) is 98.3 cm³/mol. The lowest BCUT2D eigenvalue weighted by Crippen LogP contribution is -2.09. The van der Waals surface area contributed by atoms with Crippen molar-refractivity contribution in [2.45, 2.75) is 20.5 Å². The van der Waals surface area contributed by atoms with Crippen LogP contribution < -0.4 is 0 Å². The molecule has 4 nitrogen and oxygen atoms in total. The molecule has 0 fully saturated rings. The number of hydrogen-bond acceptors (Lipinski definition) is 3. The van der Waals surface area contributed by atoms with Crippen LogP contribution in [0, 0.1) is 6.92 Å². The molecule has 4 heteroatoms. The van der Waals surface area contributed by atoms with Crippen LogP contribution in [-0.2, 0) is 16.1 Å². The molecule has 3 aromatic rings. The Kier molecular flexibility index (Phi) is 4.80. The summed E-state index contributed by atoms with van der Waals surface area (Å²) in [6.45, 7) is 7.35. The van der Waals surface area contributed by atoms with Crippen molar-refractivity contribution >= 4 is 5.97 Å².